The third kappa shape index (κ3) is 3.80. The van der Waals surface area contributed by atoms with Crippen molar-refractivity contribution in [2.45, 2.75) is 25.1 Å². The average Bonchev–Trinajstić information content (AvgIpc) is 3.15. The van der Waals surface area contributed by atoms with E-state index >= 15 is 0 Å². The quantitative estimate of drug-likeness (QED) is 0.713. The van der Waals surface area contributed by atoms with E-state index in [1.807, 2.05) is 12.3 Å². The molecular weight excluding hydrogens is 375 g/mol. The molecule has 28 heavy (non-hydrogen) atoms. The number of aromatic amines is 1. The lowest BCUT2D eigenvalue weighted by atomic mass is 10.0. The van der Waals surface area contributed by atoms with Crippen molar-refractivity contribution in [2.24, 2.45) is 0 Å². The van der Waals surface area contributed by atoms with Crippen LogP contribution in [0.1, 0.15) is 12.8 Å². The second-order valence-corrected chi connectivity index (χ2v) is 6.68. The van der Waals surface area contributed by atoms with Gasteiger partial charge in [-0.2, -0.15) is 13.2 Å². The smallest absolute Gasteiger partial charge is 0.407 e. The van der Waals surface area contributed by atoms with Gasteiger partial charge < -0.3 is 19.9 Å². The molecule has 148 valence electrons. The molecule has 1 aliphatic heterocycles. The van der Waals surface area contributed by atoms with Crippen molar-refractivity contribution in [1.82, 2.24) is 20.3 Å². The molecule has 1 fully saturated rings. The van der Waals surface area contributed by atoms with E-state index in [9.17, 15) is 18.0 Å². The number of alkyl carbamates (subject to hydrolysis) is 1. The molecule has 1 amide bonds. The molecule has 4 rings (SSSR count). The topological polar surface area (TPSA) is 83.1 Å². The van der Waals surface area contributed by atoms with E-state index in [1.54, 1.807) is 23.9 Å². The van der Waals surface area contributed by atoms with Gasteiger partial charge in [-0.3, -0.25) is 4.98 Å². The standard InChI is InChI=1S/C18H18F3N5O2/c19-18(20,21)10-25-17(27)28-12-2-5-26(6-3-12)14-9-22-7-11-8-24-16-13(15(11)14)1-4-23-16/h1,4,7-9,12H,2-3,5-6,10H2,(H,23,24)(H,25,27). The normalized spacial score (nSPS) is 15.9. The Bertz CT molecular complexity index is 996. The highest BCUT2D eigenvalue weighted by molar-refractivity contribution is 6.10. The number of hydrogen-bond donors (Lipinski definition) is 2. The minimum atomic E-state index is -4.46. The van der Waals surface area contributed by atoms with Crippen molar-refractivity contribution in [1.29, 1.82) is 0 Å². The van der Waals surface area contributed by atoms with Crippen LogP contribution in [0.3, 0.4) is 0 Å². The Hall–Kier alpha value is -3.04. The van der Waals surface area contributed by atoms with Gasteiger partial charge in [-0.25, -0.2) is 9.78 Å². The summed E-state index contributed by atoms with van der Waals surface area (Å²) < 4.78 is 41.6. The van der Waals surface area contributed by atoms with Crippen LogP contribution in [0, 0.1) is 0 Å². The fraction of sp³-hybridized carbons (Fsp3) is 0.389. The van der Waals surface area contributed by atoms with Crippen LogP contribution in [-0.2, 0) is 4.74 Å². The molecule has 1 aliphatic rings. The molecule has 4 heterocycles. The van der Waals surface area contributed by atoms with E-state index in [2.05, 4.69) is 19.9 Å². The van der Waals surface area contributed by atoms with Gasteiger partial charge in [0.05, 0.1) is 11.9 Å². The van der Waals surface area contributed by atoms with Gasteiger partial charge in [0.15, 0.2) is 0 Å². The summed E-state index contributed by atoms with van der Waals surface area (Å²) in [4.78, 5) is 25.5. The van der Waals surface area contributed by atoms with Crippen LogP contribution in [0.2, 0.25) is 0 Å². The molecule has 3 aromatic rings. The lowest BCUT2D eigenvalue weighted by molar-refractivity contribution is -0.124. The van der Waals surface area contributed by atoms with Crippen LogP contribution >= 0.6 is 0 Å². The Morgan fingerprint density at radius 2 is 2.07 bits per heavy atom. The van der Waals surface area contributed by atoms with Gasteiger partial charge >= 0.3 is 12.3 Å². The number of carbonyl (C=O) groups excluding carboxylic acids is 1. The molecule has 0 radical (unpaired) electrons. The molecule has 0 bridgehead atoms. The predicted molar refractivity (Wildman–Crippen MR) is 97.2 cm³/mol. The van der Waals surface area contributed by atoms with Crippen molar-refractivity contribution in [2.75, 3.05) is 24.5 Å². The maximum Gasteiger partial charge on any atom is 0.407 e. The van der Waals surface area contributed by atoms with E-state index < -0.39 is 24.9 Å². The number of nitrogens with zero attached hydrogens (tertiary/aromatic N) is 3. The summed E-state index contributed by atoms with van der Waals surface area (Å²) in [6, 6.07) is 1.97. The number of hydrogen-bond acceptors (Lipinski definition) is 5. The van der Waals surface area contributed by atoms with Crippen LogP contribution in [0.25, 0.3) is 21.8 Å². The number of alkyl halides is 3. The molecule has 0 spiro atoms. The summed E-state index contributed by atoms with van der Waals surface area (Å²) in [5.74, 6) is 0. The number of ether oxygens (including phenoxy) is 1. The summed E-state index contributed by atoms with van der Waals surface area (Å²) >= 11 is 0. The highest BCUT2D eigenvalue weighted by Gasteiger charge is 2.29. The van der Waals surface area contributed by atoms with Crippen molar-refractivity contribution >= 4 is 33.6 Å². The number of halogens is 3. The summed E-state index contributed by atoms with van der Waals surface area (Å²) in [6.45, 7) is -0.189. The van der Waals surface area contributed by atoms with Crippen LogP contribution in [0.4, 0.5) is 23.7 Å². The highest BCUT2D eigenvalue weighted by Crippen LogP contribution is 2.33. The number of aromatic nitrogens is 3. The van der Waals surface area contributed by atoms with Crippen LogP contribution in [0.15, 0.2) is 30.9 Å². The van der Waals surface area contributed by atoms with Gasteiger partial charge in [0.1, 0.15) is 18.3 Å². The molecule has 0 aromatic carbocycles. The first-order chi connectivity index (χ1) is 13.4. The minimum Gasteiger partial charge on any atom is -0.446 e. The minimum absolute atomic E-state index is 0.415. The highest BCUT2D eigenvalue weighted by atomic mass is 19.4. The second kappa shape index (κ2) is 7.17. The number of H-pyrrole nitrogens is 1. The number of nitrogens with one attached hydrogen (secondary N) is 2. The third-order valence-electron chi connectivity index (χ3n) is 4.77. The predicted octanol–water partition coefficient (Wildman–Crippen LogP) is 3.37. The molecule has 0 saturated carbocycles. The lowest BCUT2D eigenvalue weighted by Gasteiger charge is -2.33. The number of fused-ring (bicyclic) bond motifs is 3. The Morgan fingerprint density at radius 3 is 2.82 bits per heavy atom. The molecule has 1 saturated heterocycles. The number of pyridine rings is 2. The lowest BCUT2D eigenvalue weighted by Crippen LogP contribution is -2.41. The van der Waals surface area contributed by atoms with E-state index in [-0.39, 0.29) is 0 Å². The monoisotopic (exact) mass is 393 g/mol. The average molecular weight is 393 g/mol. The summed E-state index contributed by atoms with van der Waals surface area (Å²) in [7, 11) is 0. The Morgan fingerprint density at radius 1 is 1.29 bits per heavy atom. The van der Waals surface area contributed by atoms with E-state index in [0.717, 1.165) is 27.5 Å². The third-order valence-corrected chi connectivity index (χ3v) is 4.77. The first-order valence-electron chi connectivity index (χ1n) is 8.87. The summed E-state index contributed by atoms with van der Waals surface area (Å²) in [6.07, 6.45) is 2.30. The molecule has 3 aromatic heterocycles. The largest absolute Gasteiger partial charge is 0.446 e. The van der Waals surface area contributed by atoms with Crippen LogP contribution < -0.4 is 10.2 Å². The molecule has 0 aliphatic carbocycles. The number of carbonyl (C=O) groups is 1. The van der Waals surface area contributed by atoms with Crippen LogP contribution in [0.5, 0.6) is 0 Å². The molecular formula is C18H18F3N5O2. The Kier molecular flexibility index (Phi) is 4.70. The fourth-order valence-electron chi connectivity index (χ4n) is 3.48. The zero-order chi connectivity index (χ0) is 19.7. The summed E-state index contributed by atoms with van der Waals surface area (Å²) in [5, 5.41) is 4.70. The molecule has 10 heteroatoms. The van der Waals surface area contributed by atoms with Gasteiger partial charge in [0.25, 0.3) is 0 Å². The Balaban J connectivity index is 1.44. The fourth-order valence-corrected chi connectivity index (χ4v) is 3.48. The zero-order valence-corrected chi connectivity index (χ0v) is 14.8. The maximum absolute atomic E-state index is 12.2. The number of piperidine rings is 1. The zero-order valence-electron chi connectivity index (χ0n) is 14.8. The SMILES string of the molecule is O=C(NCC(F)(F)F)OC1CCN(c2cncc3cnc4[nH]ccc4c23)CC1. The first-order valence-corrected chi connectivity index (χ1v) is 8.87. The molecule has 0 unspecified atom stereocenters. The van der Waals surface area contributed by atoms with E-state index in [0.29, 0.717) is 25.9 Å². The van der Waals surface area contributed by atoms with Crippen molar-refractivity contribution in [3.63, 3.8) is 0 Å². The number of rotatable bonds is 3. The molecule has 0 atom stereocenters. The molecule has 7 nitrogen and oxygen atoms in total. The summed E-state index contributed by atoms with van der Waals surface area (Å²) in [5.41, 5.74) is 1.75. The van der Waals surface area contributed by atoms with Crippen molar-refractivity contribution in [3.8, 4) is 0 Å². The van der Waals surface area contributed by atoms with Gasteiger partial charge in [-0.1, -0.05) is 0 Å². The first kappa shape index (κ1) is 18.3. The number of amides is 1. The van der Waals surface area contributed by atoms with Gasteiger partial charge in [-0.15, -0.1) is 0 Å². The van der Waals surface area contributed by atoms with Crippen LogP contribution in [-0.4, -0.2) is 53.0 Å². The van der Waals surface area contributed by atoms with E-state index in [1.165, 1.54) is 0 Å². The van der Waals surface area contributed by atoms with Gasteiger partial charge in [0, 0.05) is 60.7 Å². The molecule has 2 N–H and O–H groups in total. The van der Waals surface area contributed by atoms with Crippen molar-refractivity contribution in [3.05, 3.63) is 30.9 Å². The maximum atomic E-state index is 12.2. The van der Waals surface area contributed by atoms with Gasteiger partial charge in [-0.05, 0) is 6.07 Å². The van der Waals surface area contributed by atoms with E-state index in [4.69, 9.17) is 4.74 Å². The number of anilines is 1. The van der Waals surface area contributed by atoms with Gasteiger partial charge in [0.2, 0.25) is 0 Å². The second-order valence-electron chi connectivity index (χ2n) is 6.68. The van der Waals surface area contributed by atoms with Crippen molar-refractivity contribution < 1.29 is 22.7 Å². The Labute approximate surface area is 157 Å².